The molecule has 4 N–H and O–H groups in total. The smallest absolute Gasteiger partial charge is 0.220 e. The summed E-state index contributed by atoms with van der Waals surface area (Å²) in [5, 5.41) is 14.0. The summed E-state index contributed by atoms with van der Waals surface area (Å²) in [6.45, 7) is 3.89. The van der Waals surface area contributed by atoms with Crippen LogP contribution in [0.4, 0.5) is 0 Å². The molecule has 0 saturated heterocycles. The number of oxime groups is 1. The van der Waals surface area contributed by atoms with Gasteiger partial charge in [-0.2, -0.15) is 0 Å². The number of unbranched alkanes of at least 4 members (excludes halogenated alkanes) is 1. The number of rotatable bonds is 10. The highest BCUT2D eigenvalue weighted by atomic mass is 16.5. The van der Waals surface area contributed by atoms with Gasteiger partial charge in [0.2, 0.25) is 5.91 Å². The maximum atomic E-state index is 11.3. The van der Waals surface area contributed by atoms with Crippen molar-refractivity contribution < 1.29 is 14.7 Å². The zero-order valence-corrected chi connectivity index (χ0v) is 10.4. The van der Waals surface area contributed by atoms with Crippen molar-refractivity contribution in [2.45, 2.75) is 39.0 Å². The van der Waals surface area contributed by atoms with Gasteiger partial charge in [0.25, 0.3) is 0 Å². The molecule has 6 heteroatoms. The molecule has 0 atom stereocenters. The highest BCUT2D eigenvalue weighted by Gasteiger charge is 2.00. The molecular weight excluding hydrogens is 222 g/mol. The Morgan fingerprint density at radius 3 is 2.76 bits per heavy atom. The molecule has 0 aliphatic heterocycles. The van der Waals surface area contributed by atoms with Crippen LogP contribution < -0.4 is 11.1 Å². The van der Waals surface area contributed by atoms with E-state index in [0.717, 1.165) is 19.3 Å². The van der Waals surface area contributed by atoms with E-state index >= 15 is 0 Å². The molecular formula is C11H23N3O3. The maximum Gasteiger partial charge on any atom is 0.220 e. The quantitative estimate of drug-likeness (QED) is 0.175. The summed E-state index contributed by atoms with van der Waals surface area (Å²) in [6, 6.07) is 0. The van der Waals surface area contributed by atoms with Gasteiger partial charge in [-0.3, -0.25) is 4.79 Å². The van der Waals surface area contributed by atoms with E-state index in [1.807, 2.05) is 6.92 Å². The molecule has 17 heavy (non-hydrogen) atoms. The number of nitrogens with two attached hydrogens (primary N) is 1. The summed E-state index contributed by atoms with van der Waals surface area (Å²) in [4.78, 5) is 11.3. The molecule has 0 aromatic heterocycles. The molecule has 6 nitrogen and oxygen atoms in total. The van der Waals surface area contributed by atoms with Gasteiger partial charge in [0.1, 0.15) is 5.84 Å². The van der Waals surface area contributed by atoms with Crippen molar-refractivity contribution >= 4 is 11.7 Å². The zero-order valence-electron chi connectivity index (χ0n) is 10.4. The number of amidine groups is 1. The van der Waals surface area contributed by atoms with E-state index in [1.54, 1.807) is 0 Å². The fourth-order valence-electron chi connectivity index (χ4n) is 1.28. The molecule has 0 radical (unpaired) electrons. The number of amides is 1. The van der Waals surface area contributed by atoms with Gasteiger partial charge in [0.15, 0.2) is 0 Å². The summed E-state index contributed by atoms with van der Waals surface area (Å²) in [7, 11) is 0. The lowest BCUT2D eigenvalue weighted by Crippen LogP contribution is -2.24. The van der Waals surface area contributed by atoms with Crippen molar-refractivity contribution in [3.63, 3.8) is 0 Å². The molecule has 0 aromatic rings. The standard InChI is InChI=1S/C11H23N3O3/c1-2-17-9-5-7-11(15)13-8-4-3-6-10(12)14-16/h16H,2-9H2,1H3,(H2,12,14)(H,13,15). The van der Waals surface area contributed by atoms with Gasteiger partial charge in [-0.25, -0.2) is 0 Å². The minimum atomic E-state index is 0.0495. The van der Waals surface area contributed by atoms with Crippen molar-refractivity contribution in [1.29, 1.82) is 0 Å². The van der Waals surface area contributed by atoms with Crippen LogP contribution in [0.5, 0.6) is 0 Å². The first kappa shape index (κ1) is 15.7. The fourth-order valence-corrected chi connectivity index (χ4v) is 1.28. The first-order valence-corrected chi connectivity index (χ1v) is 6.01. The Hall–Kier alpha value is -1.30. The summed E-state index contributed by atoms with van der Waals surface area (Å²) in [6.07, 6.45) is 3.43. The largest absolute Gasteiger partial charge is 0.409 e. The minimum Gasteiger partial charge on any atom is -0.409 e. The van der Waals surface area contributed by atoms with E-state index < -0.39 is 0 Å². The van der Waals surface area contributed by atoms with Gasteiger partial charge in [-0.05, 0) is 26.2 Å². The Labute approximate surface area is 102 Å². The fraction of sp³-hybridized carbons (Fsp3) is 0.818. The Bertz CT molecular complexity index is 232. The summed E-state index contributed by atoms with van der Waals surface area (Å²) >= 11 is 0. The van der Waals surface area contributed by atoms with E-state index in [-0.39, 0.29) is 11.7 Å². The normalized spacial score (nSPS) is 11.5. The Balaban J connectivity index is 3.27. The SMILES string of the molecule is CCOCCCC(=O)NCCCCC(N)=NO. The summed E-state index contributed by atoms with van der Waals surface area (Å²) in [5.74, 6) is 0.279. The number of hydrogen-bond acceptors (Lipinski definition) is 4. The van der Waals surface area contributed by atoms with Gasteiger partial charge < -0.3 is 21.0 Å². The minimum absolute atomic E-state index is 0.0495. The summed E-state index contributed by atoms with van der Waals surface area (Å²) < 4.78 is 5.13. The topological polar surface area (TPSA) is 96.9 Å². The molecule has 0 saturated carbocycles. The van der Waals surface area contributed by atoms with E-state index in [1.165, 1.54) is 0 Å². The van der Waals surface area contributed by atoms with E-state index in [2.05, 4.69) is 10.5 Å². The molecule has 0 unspecified atom stereocenters. The van der Waals surface area contributed by atoms with Crippen molar-refractivity contribution in [1.82, 2.24) is 5.32 Å². The predicted octanol–water partition coefficient (Wildman–Crippen LogP) is 0.836. The predicted molar refractivity (Wildman–Crippen MR) is 66.0 cm³/mol. The Morgan fingerprint density at radius 1 is 1.35 bits per heavy atom. The second-order valence-electron chi connectivity index (χ2n) is 3.70. The molecule has 100 valence electrons. The number of carbonyl (C=O) groups is 1. The third-order valence-electron chi connectivity index (χ3n) is 2.21. The lowest BCUT2D eigenvalue weighted by atomic mass is 10.2. The number of nitrogens with one attached hydrogen (secondary N) is 1. The van der Waals surface area contributed by atoms with Crippen LogP contribution >= 0.6 is 0 Å². The molecule has 0 spiro atoms. The third-order valence-corrected chi connectivity index (χ3v) is 2.21. The average Bonchev–Trinajstić information content (AvgIpc) is 2.34. The zero-order chi connectivity index (χ0) is 12.9. The van der Waals surface area contributed by atoms with Gasteiger partial charge in [-0.15, -0.1) is 0 Å². The lowest BCUT2D eigenvalue weighted by Gasteiger charge is -2.05. The van der Waals surface area contributed by atoms with E-state index in [0.29, 0.717) is 32.6 Å². The third kappa shape index (κ3) is 11.0. The average molecular weight is 245 g/mol. The molecule has 0 aliphatic carbocycles. The van der Waals surface area contributed by atoms with Gasteiger partial charge >= 0.3 is 0 Å². The van der Waals surface area contributed by atoms with Crippen molar-refractivity contribution in [2.75, 3.05) is 19.8 Å². The molecule has 0 aliphatic rings. The number of nitrogens with zero attached hydrogens (tertiary/aromatic N) is 1. The van der Waals surface area contributed by atoms with Crippen LogP contribution in [0, 0.1) is 0 Å². The van der Waals surface area contributed by atoms with Crippen molar-refractivity contribution in [3.8, 4) is 0 Å². The number of ether oxygens (including phenoxy) is 1. The van der Waals surface area contributed by atoms with Gasteiger partial charge in [0.05, 0.1) is 0 Å². The highest BCUT2D eigenvalue weighted by molar-refractivity contribution is 5.79. The van der Waals surface area contributed by atoms with Crippen LogP contribution in [-0.4, -0.2) is 36.7 Å². The van der Waals surface area contributed by atoms with Crippen LogP contribution in [0.1, 0.15) is 39.0 Å². The number of hydrogen-bond donors (Lipinski definition) is 3. The van der Waals surface area contributed by atoms with Crippen LogP contribution in [0.25, 0.3) is 0 Å². The molecule has 0 fully saturated rings. The highest BCUT2D eigenvalue weighted by Crippen LogP contribution is 1.95. The Morgan fingerprint density at radius 2 is 2.12 bits per heavy atom. The van der Waals surface area contributed by atoms with Crippen LogP contribution in [0.15, 0.2) is 5.16 Å². The molecule has 0 rings (SSSR count). The van der Waals surface area contributed by atoms with E-state index in [4.69, 9.17) is 15.7 Å². The first-order chi connectivity index (χ1) is 8.20. The lowest BCUT2D eigenvalue weighted by molar-refractivity contribution is -0.121. The van der Waals surface area contributed by atoms with Crippen LogP contribution in [0.3, 0.4) is 0 Å². The van der Waals surface area contributed by atoms with Crippen LogP contribution in [-0.2, 0) is 9.53 Å². The van der Waals surface area contributed by atoms with Crippen molar-refractivity contribution in [2.24, 2.45) is 10.9 Å². The van der Waals surface area contributed by atoms with Gasteiger partial charge in [0, 0.05) is 32.6 Å². The molecule has 0 bridgehead atoms. The first-order valence-electron chi connectivity index (χ1n) is 6.01. The summed E-state index contributed by atoms with van der Waals surface area (Å²) in [5.41, 5.74) is 5.31. The van der Waals surface area contributed by atoms with Crippen molar-refractivity contribution in [3.05, 3.63) is 0 Å². The number of carbonyl (C=O) groups excluding carboxylic acids is 1. The monoisotopic (exact) mass is 245 g/mol. The maximum absolute atomic E-state index is 11.3. The van der Waals surface area contributed by atoms with E-state index in [9.17, 15) is 4.79 Å². The Kier molecular flexibility index (Phi) is 10.3. The molecule has 0 heterocycles. The second kappa shape index (κ2) is 11.2. The second-order valence-corrected chi connectivity index (χ2v) is 3.70. The van der Waals surface area contributed by atoms with Gasteiger partial charge in [-0.1, -0.05) is 5.16 Å². The molecule has 1 amide bonds. The molecule has 0 aromatic carbocycles. The van der Waals surface area contributed by atoms with Crippen LogP contribution in [0.2, 0.25) is 0 Å².